The molecule has 0 aliphatic carbocycles. The minimum Gasteiger partial charge on any atom is -0.404 e. The Bertz CT molecular complexity index is 380. The Kier molecular flexibility index (Phi) is 10.6. The third kappa shape index (κ3) is 7.28. The van der Waals surface area contributed by atoms with Gasteiger partial charge in [-0.15, -0.1) is 6.58 Å². The van der Waals surface area contributed by atoms with Crippen molar-refractivity contribution >= 4 is 6.21 Å². The summed E-state index contributed by atoms with van der Waals surface area (Å²) in [6.07, 6.45) is 10.8. The molecular weight excluding hydrogens is 258 g/mol. The molecule has 0 heterocycles. The topological polar surface area (TPSA) is 64.4 Å². The molecule has 0 aromatic carbocycles. The van der Waals surface area contributed by atoms with E-state index in [0.717, 1.165) is 31.4 Å². The molecule has 0 fully saturated rings. The van der Waals surface area contributed by atoms with Gasteiger partial charge in [0.2, 0.25) is 0 Å². The van der Waals surface area contributed by atoms with E-state index in [1.54, 1.807) is 6.20 Å². The average Bonchev–Trinajstić information content (AvgIpc) is 2.51. The van der Waals surface area contributed by atoms with E-state index in [1.165, 1.54) is 5.57 Å². The molecule has 0 saturated carbocycles. The Morgan fingerprint density at radius 3 is 2.33 bits per heavy atom. The normalized spacial score (nSPS) is 17.8. The van der Waals surface area contributed by atoms with Crippen LogP contribution in [0, 0.1) is 11.8 Å². The van der Waals surface area contributed by atoms with Crippen molar-refractivity contribution in [2.75, 3.05) is 6.54 Å². The van der Waals surface area contributed by atoms with Crippen molar-refractivity contribution in [2.45, 2.75) is 53.0 Å². The molecule has 3 atom stereocenters. The number of hydrogen-bond acceptors (Lipinski definition) is 3. The quantitative estimate of drug-likeness (QED) is 0.365. The van der Waals surface area contributed by atoms with Crippen molar-refractivity contribution in [1.29, 1.82) is 0 Å². The van der Waals surface area contributed by atoms with Crippen LogP contribution in [0.5, 0.6) is 0 Å². The second-order valence-electron chi connectivity index (χ2n) is 5.48. The third-order valence-electron chi connectivity index (χ3n) is 3.89. The Balaban J connectivity index is 5.40. The Morgan fingerprint density at radius 1 is 1.24 bits per heavy atom. The summed E-state index contributed by atoms with van der Waals surface area (Å²) in [5.41, 5.74) is 14.1. The van der Waals surface area contributed by atoms with Gasteiger partial charge in [0.15, 0.2) is 0 Å². The van der Waals surface area contributed by atoms with Gasteiger partial charge in [-0.3, -0.25) is 4.99 Å². The molecule has 0 saturated heterocycles. The van der Waals surface area contributed by atoms with Crippen molar-refractivity contribution in [1.82, 2.24) is 0 Å². The van der Waals surface area contributed by atoms with Gasteiger partial charge in [-0.2, -0.15) is 0 Å². The molecular formula is C18H33N3. The van der Waals surface area contributed by atoms with Crippen molar-refractivity contribution in [2.24, 2.45) is 28.3 Å². The van der Waals surface area contributed by atoms with E-state index in [9.17, 15) is 0 Å². The number of nitrogens with two attached hydrogens (primary N) is 2. The molecule has 2 unspecified atom stereocenters. The first-order chi connectivity index (χ1) is 10.0. The highest BCUT2D eigenvalue weighted by Crippen LogP contribution is 2.25. The van der Waals surface area contributed by atoms with Crippen LogP contribution in [0.2, 0.25) is 0 Å². The second-order valence-corrected chi connectivity index (χ2v) is 5.48. The molecule has 3 nitrogen and oxygen atoms in total. The van der Waals surface area contributed by atoms with Crippen molar-refractivity contribution in [3.63, 3.8) is 0 Å². The smallest absolute Gasteiger partial charge is 0.0361 e. The fourth-order valence-electron chi connectivity index (χ4n) is 2.22. The number of aliphatic imine (C=N–C) groups is 1. The SMILES string of the molecule is C=C[C@H](N)CC(/C=C(C(/C=N\CC)=C/N)\C(C)CC)CC. The minimum atomic E-state index is 0.0407. The van der Waals surface area contributed by atoms with Crippen LogP contribution in [0.1, 0.15) is 47.0 Å². The predicted molar refractivity (Wildman–Crippen MR) is 95.4 cm³/mol. The first-order valence-electron chi connectivity index (χ1n) is 8.05. The summed E-state index contributed by atoms with van der Waals surface area (Å²) in [7, 11) is 0. The Labute approximate surface area is 130 Å². The average molecular weight is 291 g/mol. The van der Waals surface area contributed by atoms with E-state index < -0.39 is 0 Å². The zero-order valence-electron chi connectivity index (χ0n) is 14.2. The van der Waals surface area contributed by atoms with Gasteiger partial charge >= 0.3 is 0 Å². The van der Waals surface area contributed by atoms with Crippen LogP contribution in [0.15, 0.2) is 41.1 Å². The highest BCUT2D eigenvalue weighted by molar-refractivity contribution is 5.84. The van der Waals surface area contributed by atoms with Gasteiger partial charge in [-0.1, -0.05) is 32.9 Å². The molecule has 21 heavy (non-hydrogen) atoms. The van der Waals surface area contributed by atoms with Gasteiger partial charge < -0.3 is 11.5 Å². The molecule has 0 spiro atoms. The maximum atomic E-state index is 6.01. The summed E-state index contributed by atoms with van der Waals surface area (Å²) in [5.74, 6) is 0.893. The van der Waals surface area contributed by atoms with Gasteiger partial charge in [0, 0.05) is 30.6 Å². The third-order valence-corrected chi connectivity index (χ3v) is 3.89. The Hall–Kier alpha value is -1.35. The summed E-state index contributed by atoms with van der Waals surface area (Å²) in [6, 6.07) is 0.0407. The lowest BCUT2D eigenvalue weighted by atomic mass is 9.86. The summed E-state index contributed by atoms with van der Waals surface area (Å²) < 4.78 is 0. The van der Waals surface area contributed by atoms with Crippen LogP contribution in [0.25, 0.3) is 0 Å². The first kappa shape index (κ1) is 19.7. The molecule has 120 valence electrons. The molecule has 0 aliphatic rings. The number of allylic oxidation sites excluding steroid dienone is 3. The maximum absolute atomic E-state index is 6.01. The summed E-state index contributed by atoms with van der Waals surface area (Å²) >= 11 is 0. The predicted octanol–water partition coefficient (Wildman–Crippen LogP) is 3.82. The largest absolute Gasteiger partial charge is 0.404 e. The molecule has 0 radical (unpaired) electrons. The molecule has 0 amide bonds. The van der Waals surface area contributed by atoms with E-state index in [4.69, 9.17) is 11.5 Å². The van der Waals surface area contributed by atoms with E-state index in [-0.39, 0.29) is 6.04 Å². The summed E-state index contributed by atoms with van der Waals surface area (Å²) in [4.78, 5) is 4.34. The van der Waals surface area contributed by atoms with E-state index in [1.807, 2.05) is 19.2 Å². The minimum absolute atomic E-state index is 0.0407. The van der Waals surface area contributed by atoms with Gasteiger partial charge in [0.1, 0.15) is 0 Å². The lowest BCUT2D eigenvalue weighted by Crippen LogP contribution is -2.20. The Morgan fingerprint density at radius 2 is 1.90 bits per heavy atom. The van der Waals surface area contributed by atoms with Crippen molar-refractivity contribution < 1.29 is 0 Å². The number of rotatable bonds is 10. The first-order valence-corrected chi connectivity index (χ1v) is 8.05. The molecule has 0 aromatic rings. The van der Waals surface area contributed by atoms with Crippen LogP contribution in [-0.2, 0) is 0 Å². The fourth-order valence-corrected chi connectivity index (χ4v) is 2.22. The second kappa shape index (κ2) is 11.3. The summed E-state index contributed by atoms with van der Waals surface area (Å²) in [5, 5.41) is 0. The zero-order chi connectivity index (χ0) is 16.3. The molecule has 0 bridgehead atoms. The van der Waals surface area contributed by atoms with E-state index >= 15 is 0 Å². The van der Waals surface area contributed by atoms with Crippen LogP contribution >= 0.6 is 0 Å². The van der Waals surface area contributed by atoms with Gasteiger partial charge in [-0.05, 0) is 43.6 Å². The van der Waals surface area contributed by atoms with Crippen LogP contribution in [0.3, 0.4) is 0 Å². The zero-order valence-corrected chi connectivity index (χ0v) is 14.2. The lowest BCUT2D eigenvalue weighted by Gasteiger charge is -2.20. The van der Waals surface area contributed by atoms with Gasteiger partial charge in [-0.25, -0.2) is 0 Å². The molecule has 0 aromatic heterocycles. The van der Waals surface area contributed by atoms with Crippen molar-refractivity contribution in [3.05, 3.63) is 36.1 Å². The molecule has 0 aliphatic heterocycles. The van der Waals surface area contributed by atoms with Crippen LogP contribution in [-0.4, -0.2) is 18.8 Å². The summed E-state index contributed by atoms with van der Waals surface area (Å²) in [6.45, 7) is 13.2. The molecule has 3 heteroatoms. The maximum Gasteiger partial charge on any atom is 0.0361 e. The standard InChI is InChI=1S/C18H33N3/c1-6-14(5)18(16(12-19)13-21-9-4)11-15(7-2)10-17(20)8-3/h8,11-15,17H,3,6-7,9-10,19-20H2,1-2,4-5H3/b16-12+,18-11+,21-13-/t14?,15?,17-/m0/s1. The fraction of sp³-hybridized carbons (Fsp3) is 0.611. The highest BCUT2D eigenvalue weighted by atomic mass is 14.7. The van der Waals surface area contributed by atoms with Crippen LogP contribution < -0.4 is 11.5 Å². The van der Waals surface area contributed by atoms with Crippen molar-refractivity contribution in [3.8, 4) is 0 Å². The van der Waals surface area contributed by atoms with E-state index in [2.05, 4.69) is 38.4 Å². The van der Waals surface area contributed by atoms with E-state index in [0.29, 0.717) is 11.8 Å². The number of hydrogen-bond donors (Lipinski definition) is 2. The van der Waals surface area contributed by atoms with Gasteiger partial charge in [0.25, 0.3) is 0 Å². The van der Waals surface area contributed by atoms with Gasteiger partial charge in [0.05, 0.1) is 0 Å². The highest BCUT2D eigenvalue weighted by Gasteiger charge is 2.15. The molecule has 0 rings (SSSR count). The van der Waals surface area contributed by atoms with Crippen LogP contribution in [0.4, 0.5) is 0 Å². The monoisotopic (exact) mass is 291 g/mol. The lowest BCUT2D eigenvalue weighted by molar-refractivity contribution is 0.527. The molecule has 4 N–H and O–H groups in total. The number of nitrogens with zero attached hydrogens (tertiary/aromatic N) is 1.